The van der Waals surface area contributed by atoms with Gasteiger partial charge in [0.15, 0.2) is 5.78 Å². The van der Waals surface area contributed by atoms with Crippen LogP contribution in [0.3, 0.4) is 0 Å². The first-order chi connectivity index (χ1) is 11.8. The van der Waals surface area contributed by atoms with E-state index in [0.717, 1.165) is 17.7 Å². The Hall–Kier alpha value is -1.55. The van der Waals surface area contributed by atoms with E-state index in [1.165, 1.54) is 11.8 Å². The van der Waals surface area contributed by atoms with Crippen molar-refractivity contribution in [3.63, 3.8) is 0 Å². The molecule has 1 spiro atoms. The van der Waals surface area contributed by atoms with Gasteiger partial charge in [0.05, 0.1) is 12.4 Å². The number of carbonyl (C=O) groups excluding carboxylic acids is 2. The number of ether oxygens (including phenoxy) is 1. The number of benzene rings is 1. The number of hydrogen-bond donors (Lipinski definition) is 0. The number of ketones is 2. The van der Waals surface area contributed by atoms with E-state index in [9.17, 15) is 9.59 Å². The van der Waals surface area contributed by atoms with Gasteiger partial charge in [-0.1, -0.05) is 32.0 Å². The lowest BCUT2D eigenvalue weighted by Gasteiger charge is -2.46. The van der Waals surface area contributed by atoms with E-state index in [-0.39, 0.29) is 28.3 Å². The largest absolute Gasteiger partial charge is 0.500 e. The summed E-state index contributed by atoms with van der Waals surface area (Å²) in [6, 6.07) is 9.92. The molecule has 0 aromatic heterocycles. The second kappa shape index (κ2) is 5.23. The van der Waals surface area contributed by atoms with Crippen molar-refractivity contribution < 1.29 is 14.3 Å². The van der Waals surface area contributed by atoms with E-state index in [1.807, 2.05) is 36.4 Å². The van der Waals surface area contributed by atoms with Crippen molar-refractivity contribution in [2.45, 2.75) is 43.8 Å². The van der Waals surface area contributed by atoms with Crippen LogP contribution >= 0.6 is 11.8 Å². The molecule has 4 heteroatoms. The zero-order chi connectivity index (χ0) is 18.0. The molecule has 3 atom stereocenters. The maximum atomic E-state index is 13.6. The molecule has 0 aliphatic heterocycles. The number of allylic oxidation sites excluding steroid dienone is 2. The Morgan fingerprint density at radius 1 is 1.20 bits per heavy atom. The minimum absolute atomic E-state index is 0.0675. The van der Waals surface area contributed by atoms with Crippen LogP contribution in [0, 0.1) is 22.2 Å². The van der Waals surface area contributed by atoms with E-state index in [1.54, 1.807) is 14.0 Å². The van der Waals surface area contributed by atoms with Gasteiger partial charge in [-0.25, -0.2) is 0 Å². The summed E-state index contributed by atoms with van der Waals surface area (Å²) in [5, 5.41) is -0.409. The first-order valence-corrected chi connectivity index (χ1v) is 9.73. The van der Waals surface area contributed by atoms with Crippen molar-refractivity contribution in [1.82, 2.24) is 0 Å². The lowest BCUT2D eigenvalue weighted by Crippen LogP contribution is -2.49. The fraction of sp³-hybridized carbons (Fsp3) is 0.524. The Morgan fingerprint density at radius 3 is 2.36 bits per heavy atom. The predicted molar refractivity (Wildman–Crippen MR) is 98.2 cm³/mol. The first kappa shape index (κ1) is 16.9. The molecule has 1 aromatic carbocycles. The van der Waals surface area contributed by atoms with Crippen molar-refractivity contribution in [2.24, 2.45) is 22.2 Å². The average Bonchev–Trinajstić information content (AvgIpc) is 3.30. The van der Waals surface area contributed by atoms with Gasteiger partial charge in [0.2, 0.25) is 0 Å². The molecule has 2 saturated carbocycles. The van der Waals surface area contributed by atoms with Gasteiger partial charge < -0.3 is 4.74 Å². The average molecular weight is 356 g/mol. The molecular weight excluding hydrogens is 332 g/mol. The van der Waals surface area contributed by atoms with Crippen LogP contribution in [0.5, 0.6) is 0 Å². The maximum absolute atomic E-state index is 13.6. The molecule has 2 fully saturated rings. The maximum Gasteiger partial charge on any atom is 0.152 e. The molecule has 132 valence electrons. The van der Waals surface area contributed by atoms with Crippen molar-refractivity contribution in [1.29, 1.82) is 0 Å². The summed E-state index contributed by atoms with van der Waals surface area (Å²) in [5.74, 6) is 0.884. The lowest BCUT2D eigenvalue weighted by atomic mass is 9.58. The summed E-state index contributed by atoms with van der Waals surface area (Å²) in [6.07, 6.45) is 3.91. The highest BCUT2D eigenvalue weighted by atomic mass is 32.2. The number of methoxy groups -OCH3 is 1. The van der Waals surface area contributed by atoms with Gasteiger partial charge >= 0.3 is 0 Å². The third kappa shape index (κ3) is 1.95. The smallest absolute Gasteiger partial charge is 0.152 e. The second-order valence-corrected chi connectivity index (χ2v) is 9.38. The second-order valence-electron chi connectivity index (χ2n) is 8.20. The molecule has 1 aromatic rings. The minimum Gasteiger partial charge on any atom is -0.500 e. The number of Topliss-reactive ketones (excluding diaryl/α,β-unsaturated/α-hetero) is 2. The van der Waals surface area contributed by atoms with Crippen LogP contribution in [0.1, 0.15) is 33.6 Å². The molecule has 2 bridgehead atoms. The first-order valence-electron chi connectivity index (χ1n) is 8.85. The van der Waals surface area contributed by atoms with Crippen LogP contribution in [0.25, 0.3) is 0 Å². The quantitative estimate of drug-likeness (QED) is 0.808. The monoisotopic (exact) mass is 356 g/mol. The highest BCUT2D eigenvalue weighted by molar-refractivity contribution is 8.00. The van der Waals surface area contributed by atoms with Crippen LogP contribution in [0.2, 0.25) is 0 Å². The Kier molecular flexibility index (Phi) is 3.53. The molecular formula is C21H24O3S. The van der Waals surface area contributed by atoms with Crippen LogP contribution in [-0.4, -0.2) is 23.9 Å². The molecule has 25 heavy (non-hydrogen) atoms. The fourth-order valence-electron chi connectivity index (χ4n) is 5.64. The van der Waals surface area contributed by atoms with E-state index in [2.05, 4.69) is 13.8 Å². The highest BCUT2D eigenvalue weighted by Gasteiger charge is 2.81. The van der Waals surface area contributed by atoms with Gasteiger partial charge in [-0.2, -0.15) is 0 Å². The van der Waals surface area contributed by atoms with E-state index in [4.69, 9.17) is 4.74 Å². The van der Waals surface area contributed by atoms with Gasteiger partial charge in [-0.05, 0) is 43.4 Å². The zero-order valence-electron chi connectivity index (χ0n) is 15.2. The molecule has 0 heterocycles. The molecule has 3 aliphatic carbocycles. The van der Waals surface area contributed by atoms with Gasteiger partial charge in [0.25, 0.3) is 0 Å². The molecule has 4 rings (SSSR count). The Bertz CT molecular complexity index is 776. The minimum atomic E-state index is -0.820. The third-order valence-electron chi connectivity index (χ3n) is 6.47. The highest BCUT2D eigenvalue weighted by Crippen LogP contribution is 2.79. The summed E-state index contributed by atoms with van der Waals surface area (Å²) in [7, 11) is 1.63. The van der Waals surface area contributed by atoms with Crippen molar-refractivity contribution in [2.75, 3.05) is 7.11 Å². The van der Waals surface area contributed by atoms with Crippen molar-refractivity contribution in [3.8, 4) is 0 Å². The topological polar surface area (TPSA) is 43.4 Å². The summed E-state index contributed by atoms with van der Waals surface area (Å²) in [5.41, 5.74) is -1.37. The summed E-state index contributed by atoms with van der Waals surface area (Å²) in [6.45, 7) is 5.85. The van der Waals surface area contributed by atoms with Crippen LogP contribution in [0.4, 0.5) is 0 Å². The molecule has 3 nitrogen and oxygen atoms in total. The van der Waals surface area contributed by atoms with Crippen molar-refractivity contribution >= 4 is 23.3 Å². The molecule has 0 N–H and O–H groups in total. The van der Waals surface area contributed by atoms with Gasteiger partial charge in [-0.15, -0.1) is 11.8 Å². The standard InChI is InChI=1S/C21H24O3S/c1-13(22)21-15(24-4)12-19(2,3)17(20(21)10-11-20)16(23)18(21)25-14-8-6-5-7-9-14/h5-9,12,17-18H,10-11H2,1-4H3/t17-,18-,21-/m1/s1. The number of thioether (sulfide) groups is 1. The van der Waals surface area contributed by atoms with Crippen LogP contribution < -0.4 is 0 Å². The Morgan fingerprint density at radius 2 is 1.84 bits per heavy atom. The van der Waals surface area contributed by atoms with Gasteiger partial charge in [-0.3, -0.25) is 9.59 Å². The van der Waals surface area contributed by atoms with Crippen molar-refractivity contribution in [3.05, 3.63) is 42.2 Å². The molecule has 3 aliphatic rings. The summed E-state index contributed by atoms with van der Waals surface area (Å²) < 4.78 is 5.79. The predicted octanol–water partition coefficient (Wildman–Crippen LogP) is 4.27. The van der Waals surface area contributed by atoms with Gasteiger partial charge in [0.1, 0.15) is 17.0 Å². The lowest BCUT2D eigenvalue weighted by molar-refractivity contribution is -0.131. The van der Waals surface area contributed by atoms with Gasteiger partial charge in [0, 0.05) is 16.2 Å². The molecule has 0 amide bonds. The molecule has 0 radical (unpaired) electrons. The number of carbonyl (C=O) groups is 2. The summed E-state index contributed by atoms with van der Waals surface area (Å²) in [4.78, 5) is 27.7. The van der Waals surface area contributed by atoms with E-state index in [0.29, 0.717) is 5.76 Å². The Labute approximate surface area is 153 Å². The number of hydrogen-bond acceptors (Lipinski definition) is 4. The molecule has 0 unspecified atom stereocenters. The van der Waals surface area contributed by atoms with E-state index >= 15 is 0 Å². The van der Waals surface area contributed by atoms with Crippen LogP contribution in [-0.2, 0) is 14.3 Å². The van der Waals surface area contributed by atoms with E-state index < -0.39 is 10.7 Å². The Balaban J connectivity index is 1.92. The third-order valence-corrected chi connectivity index (χ3v) is 7.84. The normalized spacial score (nSPS) is 33.9. The van der Waals surface area contributed by atoms with Crippen LogP contribution in [0.15, 0.2) is 47.1 Å². The number of rotatable bonds is 4. The summed E-state index contributed by atoms with van der Waals surface area (Å²) >= 11 is 1.53. The molecule has 0 saturated heterocycles. The SMILES string of the molecule is COC1=CC(C)(C)[C@H]2C(=O)[C@@H](Sc3ccccc3)[C@]1(C(C)=O)C21CC1. The fourth-order valence-corrected chi connectivity index (χ4v) is 7.17. The zero-order valence-corrected chi connectivity index (χ0v) is 16.0.